The number of ketones is 1. The number of nitrogens with zero attached hydrogens (tertiary/aromatic N) is 1. The van der Waals surface area contributed by atoms with Crippen LogP contribution in [0.4, 0.5) is 0 Å². The zero-order chi connectivity index (χ0) is 12.5. The molecule has 1 aliphatic carbocycles. The summed E-state index contributed by atoms with van der Waals surface area (Å²) in [6, 6.07) is 11.6. The summed E-state index contributed by atoms with van der Waals surface area (Å²) in [6.45, 7) is 3.22. The molecule has 18 heavy (non-hydrogen) atoms. The molecule has 1 aromatic carbocycles. The Balaban J connectivity index is 1.82. The number of fused-ring (bicyclic) bond motifs is 1. The molecule has 2 fully saturated rings. The highest BCUT2D eigenvalue weighted by molar-refractivity contribution is 5.83. The minimum atomic E-state index is 0.324. The van der Waals surface area contributed by atoms with Crippen molar-refractivity contribution in [3.8, 4) is 0 Å². The van der Waals surface area contributed by atoms with Gasteiger partial charge in [-0.05, 0) is 25.3 Å². The van der Waals surface area contributed by atoms with E-state index in [1.807, 2.05) is 0 Å². The van der Waals surface area contributed by atoms with E-state index in [2.05, 4.69) is 42.2 Å². The molecular formula is C16H21NO. The first-order chi connectivity index (χ1) is 8.77. The van der Waals surface area contributed by atoms with Gasteiger partial charge >= 0.3 is 0 Å². The summed E-state index contributed by atoms with van der Waals surface area (Å²) in [7, 11) is 0. The highest BCUT2D eigenvalue weighted by Gasteiger charge is 2.41. The Labute approximate surface area is 109 Å². The van der Waals surface area contributed by atoms with Gasteiger partial charge in [0.1, 0.15) is 5.78 Å². The van der Waals surface area contributed by atoms with Gasteiger partial charge in [0.15, 0.2) is 0 Å². The summed E-state index contributed by atoms with van der Waals surface area (Å²) < 4.78 is 0. The molecule has 2 aliphatic rings. The second-order valence-electron chi connectivity index (χ2n) is 5.65. The van der Waals surface area contributed by atoms with Crippen LogP contribution >= 0.6 is 0 Å². The van der Waals surface area contributed by atoms with Crippen LogP contribution in [0.5, 0.6) is 0 Å². The molecule has 0 radical (unpaired) electrons. The number of carbonyl (C=O) groups excluding carboxylic acids is 1. The normalized spacial score (nSPS) is 30.2. The van der Waals surface area contributed by atoms with E-state index in [9.17, 15) is 4.79 Å². The Hall–Kier alpha value is -1.15. The number of likely N-dealkylation sites (tertiary alicyclic amines) is 1. The molecule has 2 nitrogen and oxygen atoms in total. The van der Waals surface area contributed by atoms with E-state index in [1.165, 1.54) is 18.4 Å². The van der Waals surface area contributed by atoms with Crippen LogP contribution in [-0.2, 0) is 4.79 Å². The highest BCUT2D eigenvalue weighted by Crippen LogP contribution is 2.38. The Bertz CT molecular complexity index is 428. The summed E-state index contributed by atoms with van der Waals surface area (Å²) in [4.78, 5) is 14.5. The third-order valence-electron chi connectivity index (χ3n) is 4.71. The molecule has 1 heterocycles. The van der Waals surface area contributed by atoms with Crippen molar-refractivity contribution in [1.82, 2.24) is 4.90 Å². The first-order valence-corrected chi connectivity index (χ1v) is 7.11. The zero-order valence-electron chi connectivity index (χ0n) is 11.0. The van der Waals surface area contributed by atoms with Gasteiger partial charge in [0.25, 0.3) is 0 Å². The van der Waals surface area contributed by atoms with Gasteiger partial charge in [0.05, 0.1) is 0 Å². The maximum Gasteiger partial charge on any atom is 0.138 e. The number of piperidine rings is 1. The molecule has 0 spiro atoms. The lowest BCUT2D eigenvalue weighted by Gasteiger charge is -2.41. The Morgan fingerprint density at radius 1 is 1.22 bits per heavy atom. The number of hydrogen-bond donors (Lipinski definition) is 0. The van der Waals surface area contributed by atoms with Crippen LogP contribution < -0.4 is 0 Å². The van der Waals surface area contributed by atoms with Crippen molar-refractivity contribution in [1.29, 1.82) is 0 Å². The van der Waals surface area contributed by atoms with Crippen LogP contribution in [0.15, 0.2) is 30.3 Å². The average molecular weight is 243 g/mol. The summed E-state index contributed by atoms with van der Waals surface area (Å²) in [6.07, 6.45) is 4.28. The Morgan fingerprint density at radius 3 is 2.78 bits per heavy atom. The first-order valence-electron chi connectivity index (χ1n) is 7.11. The van der Waals surface area contributed by atoms with Crippen molar-refractivity contribution in [2.75, 3.05) is 6.54 Å². The molecule has 1 saturated heterocycles. The van der Waals surface area contributed by atoms with Gasteiger partial charge in [0.2, 0.25) is 0 Å². The largest absolute Gasteiger partial charge is 0.299 e. The second-order valence-corrected chi connectivity index (χ2v) is 5.65. The van der Waals surface area contributed by atoms with Gasteiger partial charge < -0.3 is 0 Å². The molecule has 2 heteroatoms. The fourth-order valence-corrected chi connectivity index (χ4v) is 3.71. The van der Waals surface area contributed by atoms with Crippen molar-refractivity contribution in [2.45, 2.75) is 44.7 Å². The third-order valence-corrected chi connectivity index (χ3v) is 4.71. The summed E-state index contributed by atoms with van der Waals surface area (Å²) in [5.74, 6) is 0.832. The molecule has 1 aromatic rings. The number of rotatable bonds is 2. The van der Waals surface area contributed by atoms with E-state index < -0.39 is 0 Å². The van der Waals surface area contributed by atoms with E-state index in [-0.39, 0.29) is 0 Å². The van der Waals surface area contributed by atoms with Gasteiger partial charge in [-0.3, -0.25) is 9.69 Å². The number of Topliss-reactive ketones (excluding diaryl/α,β-unsaturated/α-hetero) is 1. The predicted molar refractivity (Wildman–Crippen MR) is 72.3 cm³/mol. The number of benzene rings is 1. The minimum absolute atomic E-state index is 0.324. The SMILES string of the molecule is CC(c1ccccc1)N1CCC(=O)C2CCCC21. The van der Waals surface area contributed by atoms with Crippen molar-refractivity contribution >= 4 is 5.78 Å². The maximum atomic E-state index is 12.0. The van der Waals surface area contributed by atoms with Crippen LogP contribution in [0.3, 0.4) is 0 Å². The van der Waals surface area contributed by atoms with Crippen molar-refractivity contribution in [2.24, 2.45) is 5.92 Å². The summed E-state index contributed by atoms with van der Waals surface area (Å²) >= 11 is 0. The van der Waals surface area contributed by atoms with Gasteiger partial charge in [-0.15, -0.1) is 0 Å². The molecule has 1 aliphatic heterocycles. The van der Waals surface area contributed by atoms with E-state index in [0.717, 1.165) is 19.4 Å². The molecule has 0 N–H and O–H groups in total. The van der Waals surface area contributed by atoms with Gasteiger partial charge in [-0.1, -0.05) is 36.8 Å². The lowest BCUT2D eigenvalue weighted by atomic mass is 9.88. The number of hydrogen-bond acceptors (Lipinski definition) is 2. The number of carbonyl (C=O) groups is 1. The van der Waals surface area contributed by atoms with Gasteiger partial charge in [-0.25, -0.2) is 0 Å². The maximum absolute atomic E-state index is 12.0. The molecule has 3 atom stereocenters. The van der Waals surface area contributed by atoms with Crippen LogP contribution in [-0.4, -0.2) is 23.3 Å². The molecule has 0 aromatic heterocycles. The van der Waals surface area contributed by atoms with E-state index in [0.29, 0.717) is 23.8 Å². The molecule has 96 valence electrons. The highest BCUT2D eigenvalue weighted by atomic mass is 16.1. The quantitative estimate of drug-likeness (QED) is 0.795. The van der Waals surface area contributed by atoms with Crippen molar-refractivity contribution in [3.63, 3.8) is 0 Å². The fraction of sp³-hybridized carbons (Fsp3) is 0.562. The Kier molecular flexibility index (Phi) is 3.21. The zero-order valence-corrected chi connectivity index (χ0v) is 11.0. The standard InChI is InChI=1S/C16H21NO/c1-12(13-6-3-2-4-7-13)17-11-10-16(18)14-8-5-9-15(14)17/h2-4,6-7,12,14-15H,5,8-11H2,1H3. The topological polar surface area (TPSA) is 20.3 Å². The minimum Gasteiger partial charge on any atom is -0.299 e. The van der Waals surface area contributed by atoms with E-state index in [4.69, 9.17) is 0 Å². The third kappa shape index (κ3) is 1.99. The summed E-state index contributed by atoms with van der Waals surface area (Å²) in [5, 5.41) is 0. The van der Waals surface area contributed by atoms with Gasteiger partial charge in [0, 0.05) is 31.0 Å². The lowest BCUT2D eigenvalue weighted by Crippen LogP contribution is -2.47. The van der Waals surface area contributed by atoms with E-state index in [1.54, 1.807) is 0 Å². The van der Waals surface area contributed by atoms with Crippen molar-refractivity contribution < 1.29 is 4.79 Å². The van der Waals surface area contributed by atoms with Crippen LogP contribution in [0.1, 0.15) is 44.2 Å². The summed E-state index contributed by atoms with van der Waals surface area (Å²) in [5.41, 5.74) is 1.37. The van der Waals surface area contributed by atoms with Gasteiger partial charge in [-0.2, -0.15) is 0 Å². The molecule has 1 saturated carbocycles. The molecule has 0 amide bonds. The predicted octanol–water partition coefficient (Wildman–Crippen LogP) is 3.19. The smallest absolute Gasteiger partial charge is 0.138 e. The fourth-order valence-electron chi connectivity index (χ4n) is 3.71. The van der Waals surface area contributed by atoms with E-state index >= 15 is 0 Å². The van der Waals surface area contributed by atoms with Crippen LogP contribution in [0.2, 0.25) is 0 Å². The van der Waals surface area contributed by atoms with Crippen LogP contribution in [0, 0.1) is 5.92 Å². The molecule has 0 bridgehead atoms. The lowest BCUT2D eigenvalue weighted by molar-refractivity contribution is -0.128. The first kappa shape index (κ1) is 11.9. The average Bonchev–Trinajstić information content (AvgIpc) is 2.90. The molecular weight excluding hydrogens is 222 g/mol. The van der Waals surface area contributed by atoms with Crippen molar-refractivity contribution in [3.05, 3.63) is 35.9 Å². The van der Waals surface area contributed by atoms with Crippen LogP contribution in [0.25, 0.3) is 0 Å². The monoisotopic (exact) mass is 243 g/mol. The second kappa shape index (κ2) is 4.85. The molecule has 3 rings (SSSR count). The Morgan fingerprint density at radius 2 is 2.00 bits per heavy atom. The molecule has 3 unspecified atom stereocenters.